The van der Waals surface area contributed by atoms with Crippen molar-refractivity contribution in [1.82, 2.24) is 0 Å². The number of unbranched alkanes of at least 4 members (excludes halogenated alkanes) is 9. The van der Waals surface area contributed by atoms with E-state index in [-0.39, 0.29) is 5.97 Å². The van der Waals surface area contributed by atoms with Gasteiger partial charge in [0.1, 0.15) is 0 Å². The second-order valence-corrected chi connectivity index (χ2v) is 6.97. The van der Waals surface area contributed by atoms with Crippen LogP contribution in [0.2, 0.25) is 0 Å². The molecular weight excluding hydrogens is 272 g/mol. The second kappa shape index (κ2) is 14.1. The summed E-state index contributed by atoms with van der Waals surface area (Å²) >= 11 is 0. The maximum atomic E-state index is 11.7. The molecule has 1 fully saturated rings. The van der Waals surface area contributed by atoms with E-state index < -0.39 is 0 Å². The van der Waals surface area contributed by atoms with E-state index in [0.717, 1.165) is 12.8 Å². The fraction of sp³-hybridized carbons (Fsp3) is 0.900. The smallest absolute Gasteiger partial charge is 0.305 e. The summed E-state index contributed by atoms with van der Waals surface area (Å²) in [6.45, 7) is 4.54. The Morgan fingerprint density at radius 2 is 1.36 bits per heavy atom. The van der Waals surface area contributed by atoms with Crippen LogP contribution < -0.4 is 0 Å². The number of esters is 1. The van der Waals surface area contributed by atoms with Crippen LogP contribution in [0, 0.1) is 12.8 Å². The third kappa shape index (κ3) is 11.1. The lowest BCUT2D eigenvalue weighted by Crippen LogP contribution is -2.16. The van der Waals surface area contributed by atoms with Crippen molar-refractivity contribution in [3.63, 3.8) is 0 Å². The van der Waals surface area contributed by atoms with Crippen molar-refractivity contribution in [2.24, 2.45) is 5.92 Å². The lowest BCUT2D eigenvalue weighted by molar-refractivity contribution is -0.145. The van der Waals surface area contributed by atoms with Crippen molar-refractivity contribution in [3.8, 4) is 0 Å². The standard InChI is InChI=1S/C20H37O2/c1-2-3-4-5-6-7-8-9-10-14-17-20(21)22-18-19-15-12-11-13-16-19/h19H,1-18H2. The van der Waals surface area contributed by atoms with Crippen molar-refractivity contribution >= 4 is 5.97 Å². The van der Waals surface area contributed by atoms with Gasteiger partial charge in [0.05, 0.1) is 6.61 Å². The molecule has 0 spiro atoms. The fourth-order valence-electron chi connectivity index (χ4n) is 3.32. The Morgan fingerprint density at radius 3 is 1.95 bits per heavy atom. The lowest BCUT2D eigenvalue weighted by Gasteiger charge is -2.20. The summed E-state index contributed by atoms with van der Waals surface area (Å²) in [5, 5.41) is 0. The summed E-state index contributed by atoms with van der Waals surface area (Å²) in [6, 6.07) is 0. The molecule has 1 saturated carbocycles. The molecule has 22 heavy (non-hydrogen) atoms. The van der Waals surface area contributed by atoms with Gasteiger partial charge in [0.2, 0.25) is 0 Å². The molecule has 0 bridgehead atoms. The Kier molecular flexibility index (Phi) is 12.5. The first-order valence-corrected chi connectivity index (χ1v) is 9.78. The molecule has 0 amide bonds. The molecule has 0 heterocycles. The van der Waals surface area contributed by atoms with Gasteiger partial charge in [0.25, 0.3) is 0 Å². The molecule has 129 valence electrons. The molecule has 2 heteroatoms. The number of rotatable bonds is 13. The molecule has 0 aromatic carbocycles. The van der Waals surface area contributed by atoms with Crippen molar-refractivity contribution in [2.75, 3.05) is 6.61 Å². The number of hydrogen-bond acceptors (Lipinski definition) is 2. The van der Waals surface area contributed by atoms with Crippen LogP contribution in [-0.2, 0) is 9.53 Å². The molecule has 0 aromatic rings. The maximum absolute atomic E-state index is 11.7. The summed E-state index contributed by atoms with van der Waals surface area (Å²) in [5.74, 6) is 0.667. The average Bonchev–Trinajstić information content (AvgIpc) is 2.55. The maximum Gasteiger partial charge on any atom is 0.305 e. The number of ether oxygens (including phenoxy) is 1. The quantitative estimate of drug-likeness (QED) is 0.297. The molecule has 0 N–H and O–H groups in total. The van der Waals surface area contributed by atoms with Crippen molar-refractivity contribution < 1.29 is 9.53 Å². The SMILES string of the molecule is [CH2]CCCCCCCCCCCC(=O)OCC1CCCCC1. The first-order valence-electron chi connectivity index (χ1n) is 9.78. The van der Waals surface area contributed by atoms with Gasteiger partial charge in [0.15, 0.2) is 0 Å². The van der Waals surface area contributed by atoms with Gasteiger partial charge in [-0.25, -0.2) is 0 Å². The van der Waals surface area contributed by atoms with Crippen molar-refractivity contribution in [2.45, 2.75) is 103 Å². The van der Waals surface area contributed by atoms with Gasteiger partial charge in [-0.05, 0) is 25.2 Å². The minimum atomic E-state index is 0.0266. The third-order valence-corrected chi connectivity index (χ3v) is 4.84. The highest BCUT2D eigenvalue weighted by Crippen LogP contribution is 2.23. The Balaban J connectivity index is 1.80. The van der Waals surface area contributed by atoms with Crippen LogP contribution in [0.5, 0.6) is 0 Å². The van der Waals surface area contributed by atoms with E-state index in [0.29, 0.717) is 18.9 Å². The Bertz CT molecular complexity index is 256. The number of carbonyl (C=O) groups is 1. The van der Waals surface area contributed by atoms with Gasteiger partial charge in [0, 0.05) is 6.42 Å². The van der Waals surface area contributed by atoms with Crippen LogP contribution in [-0.4, -0.2) is 12.6 Å². The van der Waals surface area contributed by atoms with Crippen molar-refractivity contribution in [1.29, 1.82) is 0 Å². The molecule has 0 aliphatic heterocycles. The van der Waals surface area contributed by atoms with E-state index in [9.17, 15) is 4.79 Å². The Hall–Kier alpha value is -0.530. The molecular formula is C20H37O2. The summed E-state index contributed by atoms with van der Waals surface area (Å²) < 4.78 is 5.42. The number of hydrogen-bond donors (Lipinski definition) is 0. The number of carbonyl (C=O) groups excluding carboxylic acids is 1. The van der Waals surface area contributed by atoms with Gasteiger partial charge in [-0.2, -0.15) is 0 Å². The molecule has 0 atom stereocenters. The molecule has 2 nitrogen and oxygen atoms in total. The largest absolute Gasteiger partial charge is 0.465 e. The molecule has 0 aromatic heterocycles. The lowest BCUT2D eigenvalue weighted by atomic mass is 9.90. The Morgan fingerprint density at radius 1 is 0.818 bits per heavy atom. The van der Waals surface area contributed by atoms with Crippen LogP contribution in [0.1, 0.15) is 103 Å². The van der Waals surface area contributed by atoms with E-state index in [4.69, 9.17) is 4.74 Å². The van der Waals surface area contributed by atoms with E-state index >= 15 is 0 Å². The Labute approximate surface area is 138 Å². The fourth-order valence-corrected chi connectivity index (χ4v) is 3.32. The summed E-state index contributed by atoms with van der Waals surface area (Å²) in [5.41, 5.74) is 0. The normalized spacial score (nSPS) is 15.9. The first kappa shape index (κ1) is 19.5. The van der Waals surface area contributed by atoms with Crippen LogP contribution in [0.15, 0.2) is 0 Å². The zero-order valence-corrected chi connectivity index (χ0v) is 14.6. The second-order valence-electron chi connectivity index (χ2n) is 6.97. The van der Waals surface area contributed by atoms with Crippen LogP contribution >= 0.6 is 0 Å². The van der Waals surface area contributed by atoms with Gasteiger partial charge >= 0.3 is 5.97 Å². The van der Waals surface area contributed by atoms with Crippen molar-refractivity contribution in [3.05, 3.63) is 6.92 Å². The van der Waals surface area contributed by atoms with E-state index in [1.54, 1.807) is 0 Å². The van der Waals surface area contributed by atoms with Crippen LogP contribution in [0.4, 0.5) is 0 Å². The topological polar surface area (TPSA) is 26.3 Å². The van der Waals surface area contributed by atoms with Crippen LogP contribution in [0.3, 0.4) is 0 Å². The molecule has 0 unspecified atom stereocenters. The zero-order valence-electron chi connectivity index (χ0n) is 14.6. The van der Waals surface area contributed by atoms with Gasteiger partial charge in [-0.15, -0.1) is 0 Å². The van der Waals surface area contributed by atoms with Crippen LogP contribution in [0.25, 0.3) is 0 Å². The third-order valence-electron chi connectivity index (χ3n) is 4.84. The van der Waals surface area contributed by atoms with Gasteiger partial charge in [-0.1, -0.05) is 84.0 Å². The first-order chi connectivity index (χ1) is 10.8. The highest BCUT2D eigenvalue weighted by molar-refractivity contribution is 5.69. The average molecular weight is 310 g/mol. The summed E-state index contributed by atoms with van der Waals surface area (Å²) in [7, 11) is 0. The molecule has 0 saturated heterocycles. The summed E-state index contributed by atoms with van der Waals surface area (Å²) in [6.07, 6.45) is 19.7. The van der Waals surface area contributed by atoms with E-state index in [1.807, 2.05) is 0 Å². The van der Waals surface area contributed by atoms with Gasteiger partial charge < -0.3 is 4.74 Å². The van der Waals surface area contributed by atoms with E-state index in [1.165, 1.54) is 83.5 Å². The van der Waals surface area contributed by atoms with E-state index in [2.05, 4.69) is 6.92 Å². The minimum Gasteiger partial charge on any atom is -0.465 e. The molecule has 1 aliphatic carbocycles. The highest BCUT2D eigenvalue weighted by Gasteiger charge is 2.15. The molecule has 1 radical (unpaired) electrons. The monoisotopic (exact) mass is 309 g/mol. The molecule has 1 aliphatic rings. The highest BCUT2D eigenvalue weighted by atomic mass is 16.5. The summed E-state index contributed by atoms with van der Waals surface area (Å²) in [4.78, 5) is 11.7. The zero-order chi connectivity index (χ0) is 15.9. The van der Waals surface area contributed by atoms with Gasteiger partial charge in [-0.3, -0.25) is 4.79 Å². The predicted molar refractivity (Wildman–Crippen MR) is 93.7 cm³/mol. The molecule has 1 rings (SSSR count). The minimum absolute atomic E-state index is 0.0266. The predicted octanol–water partition coefficient (Wildman–Crippen LogP) is 6.24.